The summed E-state index contributed by atoms with van der Waals surface area (Å²) >= 11 is 0. The van der Waals surface area contributed by atoms with E-state index in [9.17, 15) is 0 Å². The fourth-order valence-electron chi connectivity index (χ4n) is 2.83. The largest absolute Gasteiger partial charge is 0.416 e. The van der Waals surface area contributed by atoms with Crippen LogP contribution >= 0.6 is 0 Å². The van der Waals surface area contributed by atoms with Gasteiger partial charge in [0.05, 0.1) is 6.61 Å². The molecule has 126 valence electrons. The molecule has 0 saturated carbocycles. The second-order valence-electron chi connectivity index (χ2n) is 7.58. The van der Waals surface area contributed by atoms with Crippen LogP contribution in [0.2, 0.25) is 13.1 Å². The maximum Gasteiger partial charge on any atom is 0.171 e. The molecule has 0 atom stereocenters. The van der Waals surface area contributed by atoms with E-state index in [1.165, 1.54) is 27.5 Å². The average Bonchev–Trinajstić information content (AvgIpc) is 2.49. The lowest BCUT2D eigenvalue weighted by atomic mass is 9.85. The maximum atomic E-state index is 9.15. The number of aliphatic hydroxyl groups is 1. The third-order valence-corrected chi connectivity index (χ3v) is 5.09. The van der Waals surface area contributed by atoms with Crippen molar-refractivity contribution in [1.82, 2.24) is 0 Å². The van der Waals surface area contributed by atoms with E-state index >= 15 is 0 Å². The van der Waals surface area contributed by atoms with Crippen molar-refractivity contribution in [1.29, 1.82) is 0 Å². The van der Waals surface area contributed by atoms with Crippen LogP contribution in [0.25, 0.3) is 10.8 Å². The number of benzene rings is 2. The summed E-state index contributed by atoms with van der Waals surface area (Å²) in [6.07, 6.45) is 1.71. The molecule has 1 N–H and O–H groups in total. The van der Waals surface area contributed by atoms with Crippen LogP contribution in [-0.2, 0) is 22.9 Å². The van der Waals surface area contributed by atoms with E-state index in [2.05, 4.69) is 64.2 Å². The molecule has 2 aromatic carbocycles. The van der Waals surface area contributed by atoms with Crippen LogP contribution < -0.4 is 0 Å². The van der Waals surface area contributed by atoms with Crippen molar-refractivity contribution in [3.8, 4) is 0 Å². The molecular formula is C20H30O2Si. The van der Waals surface area contributed by atoms with Crippen molar-refractivity contribution in [2.24, 2.45) is 0 Å². The van der Waals surface area contributed by atoms with Crippen molar-refractivity contribution < 1.29 is 9.53 Å². The topological polar surface area (TPSA) is 29.5 Å². The Kier molecular flexibility index (Phi) is 6.01. The van der Waals surface area contributed by atoms with Gasteiger partial charge in [0.25, 0.3) is 0 Å². The highest BCUT2D eigenvalue weighted by molar-refractivity contribution is 6.48. The summed E-state index contributed by atoms with van der Waals surface area (Å²) in [5.41, 5.74) is 4.13. The Balaban J connectivity index is 2.49. The SMILES string of the molecule is C[SiH](C)OCc1c(CCCO)ccc2cc(C(C)(C)C)ccc12. The van der Waals surface area contributed by atoms with Crippen molar-refractivity contribution in [2.45, 2.75) is 58.7 Å². The fourth-order valence-corrected chi connectivity index (χ4v) is 3.33. The lowest BCUT2D eigenvalue weighted by Gasteiger charge is -2.21. The van der Waals surface area contributed by atoms with Crippen LogP contribution in [0.3, 0.4) is 0 Å². The molecule has 0 unspecified atom stereocenters. The third kappa shape index (κ3) is 4.66. The van der Waals surface area contributed by atoms with Crippen LogP contribution in [0.4, 0.5) is 0 Å². The second kappa shape index (κ2) is 7.60. The minimum atomic E-state index is -1.06. The minimum Gasteiger partial charge on any atom is -0.416 e. The second-order valence-corrected chi connectivity index (χ2v) is 10.0. The Morgan fingerprint density at radius 3 is 2.43 bits per heavy atom. The van der Waals surface area contributed by atoms with E-state index in [1.807, 2.05) is 0 Å². The number of aliphatic hydroxyl groups excluding tert-OH is 1. The van der Waals surface area contributed by atoms with E-state index < -0.39 is 9.04 Å². The molecular weight excluding hydrogens is 300 g/mol. The van der Waals surface area contributed by atoms with Crippen LogP contribution in [0.5, 0.6) is 0 Å². The zero-order chi connectivity index (χ0) is 17.0. The maximum absolute atomic E-state index is 9.15. The molecule has 0 aliphatic rings. The first-order valence-corrected chi connectivity index (χ1v) is 11.4. The fraction of sp³-hybridized carbons (Fsp3) is 0.500. The highest BCUT2D eigenvalue weighted by atomic mass is 28.3. The van der Waals surface area contributed by atoms with E-state index in [0.717, 1.165) is 12.8 Å². The van der Waals surface area contributed by atoms with E-state index in [1.54, 1.807) is 0 Å². The molecule has 2 nitrogen and oxygen atoms in total. The first-order valence-electron chi connectivity index (χ1n) is 8.60. The van der Waals surface area contributed by atoms with E-state index in [0.29, 0.717) is 6.61 Å². The van der Waals surface area contributed by atoms with Gasteiger partial charge in [0, 0.05) is 6.61 Å². The number of hydrogen-bond acceptors (Lipinski definition) is 2. The molecule has 2 aromatic rings. The summed E-state index contributed by atoms with van der Waals surface area (Å²) in [6.45, 7) is 12.1. The predicted octanol–water partition coefficient (Wildman–Crippen LogP) is 4.56. The zero-order valence-corrected chi connectivity index (χ0v) is 16.3. The number of hydrogen-bond donors (Lipinski definition) is 1. The van der Waals surface area contributed by atoms with E-state index in [-0.39, 0.29) is 12.0 Å². The van der Waals surface area contributed by atoms with Gasteiger partial charge in [-0.1, -0.05) is 51.1 Å². The summed E-state index contributed by atoms with van der Waals surface area (Å²) < 4.78 is 6.03. The molecule has 0 aliphatic carbocycles. The quantitative estimate of drug-likeness (QED) is 0.787. The Labute approximate surface area is 142 Å². The summed E-state index contributed by atoms with van der Waals surface area (Å²) in [5.74, 6) is 0. The Bertz CT molecular complexity index is 656. The Morgan fingerprint density at radius 2 is 1.83 bits per heavy atom. The Morgan fingerprint density at radius 1 is 1.09 bits per heavy atom. The molecule has 0 radical (unpaired) electrons. The van der Waals surface area contributed by atoms with Gasteiger partial charge in [-0.3, -0.25) is 0 Å². The van der Waals surface area contributed by atoms with Crippen LogP contribution in [0.1, 0.15) is 43.9 Å². The predicted molar refractivity (Wildman–Crippen MR) is 102 cm³/mol. The van der Waals surface area contributed by atoms with Gasteiger partial charge < -0.3 is 9.53 Å². The van der Waals surface area contributed by atoms with Crippen molar-refractivity contribution in [2.75, 3.05) is 6.61 Å². The number of aryl methyl sites for hydroxylation is 1. The minimum absolute atomic E-state index is 0.158. The molecule has 0 amide bonds. The van der Waals surface area contributed by atoms with Gasteiger partial charge in [-0.2, -0.15) is 0 Å². The molecule has 0 fully saturated rings. The van der Waals surface area contributed by atoms with Crippen LogP contribution in [0.15, 0.2) is 30.3 Å². The summed E-state index contributed by atoms with van der Waals surface area (Å²) in [5, 5.41) is 11.7. The van der Waals surface area contributed by atoms with Gasteiger partial charge in [0.15, 0.2) is 9.04 Å². The molecule has 0 aliphatic heterocycles. The third-order valence-electron chi connectivity index (χ3n) is 4.26. The van der Waals surface area contributed by atoms with E-state index in [4.69, 9.17) is 9.53 Å². The average molecular weight is 331 g/mol. The van der Waals surface area contributed by atoms with Gasteiger partial charge in [-0.15, -0.1) is 0 Å². The van der Waals surface area contributed by atoms with Gasteiger partial charge in [0.2, 0.25) is 0 Å². The van der Waals surface area contributed by atoms with Gasteiger partial charge in [-0.05, 0) is 58.8 Å². The smallest absolute Gasteiger partial charge is 0.171 e. The molecule has 3 heteroatoms. The van der Waals surface area contributed by atoms with Gasteiger partial charge in [0.1, 0.15) is 0 Å². The molecule has 23 heavy (non-hydrogen) atoms. The van der Waals surface area contributed by atoms with Gasteiger partial charge >= 0.3 is 0 Å². The normalized spacial score (nSPS) is 12.3. The first kappa shape index (κ1) is 18.2. The monoisotopic (exact) mass is 330 g/mol. The molecule has 0 bridgehead atoms. The van der Waals surface area contributed by atoms with Crippen molar-refractivity contribution in [3.63, 3.8) is 0 Å². The first-order chi connectivity index (χ1) is 10.8. The lowest BCUT2D eigenvalue weighted by Crippen LogP contribution is -2.11. The molecule has 0 heterocycles. The molecule has 2 rings (SSSR count). The lowest BCUT2D eigenvalue weighted by molar-refractivity contribution is 0.287. The number of rotatable bonds is 6. The number of fused-ring (bicyclic) bond motifs is 1. The standard InChI is InChI=1S/C20H30O2Si/c1-20(2,3)17-10-11-18-16(13-17)9-8-15(7-6-12-21)19(18)14-22-23(4)5/h8-11,13,21,23H,6-7,12,14H2,1-5H3. The molecule has 0 saturated heterocycles. The highest BCUT2D eigenvalue weighted by Crippen LogP contribution is 2.30. The van der Waals surface area contributed by atoms with Crippen molar-refractivity contribution >= 4 is 19.8 Å². The molecule has 0 aromatic heterocycles. The van der Waals surface area contributed by atoms with Crippen LogP contribution in [-0.4, -0.2) is 20.8 Å². The summed E-state index contributed by atoms with van der Waals surface area (Å²) in [4.78, 5) is 0. The zero-order valence-electron chi connectivity index (χ0n) is 15.1. The van der Waals surface area contributed by atoms with Crippen molar-refractivity contribution in [3.05, 3.63) is 47.0 Å². The van der Waals surface area contributed by atoms with Crippen LogP contribution in [0, 0.1) is 0 Å². The summed E-state index contributed by atoms with van der Waals surface area (Å²) in [6, 6.07) is 11.2. The Hall–Kier alpha value is -1.16. The van der Waals surface area contributed by atoms with Gasteiger partial charge in [-0.25, -0.2) is 0 Å². The highest BCUT2D eigenvalue weighted by Gasteiger charge is 2.15. The summed E-state index contributed by atoms with van der Waals surface area (Å²) in [7, 11) is -1.06. The molecule has 0 spiro atoms.